The van der Waals surface area contributed by atoms with Crippen molar-refractivity contribution < 1.29 is 53.1 Å². The Morgan fingerprint density at radius 2 is 1.90 bits per heavy atom. The summed E-state index contributed by atoms with van der Waals surface area (Å²) in [7, 11) is 5.78. The van der Waals surface area contributed by atoms with E-state index in [1.165, 1.54) is 58.9 Å². The van der Waals surface area contributed by atoms with E-state index in [4.69, 9.17) is 35.3 Å². The van der Waals surface area contributed by atoms with Crippen LogP contribution in [-0.2, 0) is 39.8 Å². The molecule has 3 amide bonds. The average molecular weight is 708 g/mol. The Hall–Kier alpha value is -3.69. The quantitative estimate of drug-likeness (QED) is 0.303. The maximum atomic E-state index is 14.0. The molecule has 3 heterocycles. The van der Waals surface area contributed by atoms with Gasteiger partial charge in [-0.25, -0.2) is 9.59 Å². The third-order valence-corrected chi connectivity index (χ3v) is 10.2. The van der Waals surface area contributed by atoms with Crippen LogP contribution in [0.3, 0.4) is 0 Å². The molecule has 0 saturated carbocycles. The lowest BCUT2D eigenvalue weighted by atomic mass is 9.81. The predicted molar refractivity (Wildman–Crippen MR) is 178 cm³/mol. The molecule has 0 aliphatic carbocycles. The van der Waals surface area contributed by atoms with Crippen molar-refractivity contribution in [3.63, 3.8) is 0 Å². The fourth-order valence-corrected chi connectivity index (χ4v) is 6.63. The minimum Gasteiger partial charge on any atom is -0.495 e. The number of anilines is 1. The van der Waals surface area contributed by atoms with E-state index in [2.05, 4.69) is 5.32 Å². The summed E-state index contributed by atoms with van der Waals surface area (Å²) in [5.74, 6) is -4.56. The van der Waals surface area contributed by atoms with Crippen LogP contribution >= 0.6 is 11.6 Å². The molecular weight excluding hydrogens is 662 g/mol. The number of esters is 1. The second kappa shape index (κ2) is 14.3. The number of rotatable bonds is 5. The number of hydrogen-bond donors (Lipinski definition) is 3. The number of allylic oxidation sites excluding steroid dienone is 3. The van der Waals surface area contributed by atoms with Crippen molar-refractivity contribution in [1.29, 1.82) is 0 Å². The van der Waals surface area contributed by atoms with Gasteiger partial charge in [0.25, 0.3) is 0 Å². The molecule has 15 heteroatoms. The summed E-state index contributed by atoms with van der Waals surface area (Å²) >= 11 is 6.69. The lowest BCUT2D eigenvalue weighted by Crippen LogP contribution is -2.64. The number of methoxy groups -OCH3 is 2. The molecule has 0 aromatic heterocycles. The number of carbonyl (C=O) groups excluding carboxylic acids is 4. The number of epoxide rings is 1. The Labute approximate surface area is 290 Å². The minimum absolute atomic E-state index is 0.177. The Morgan fingerprint density at radius 1 is 1.22 bits per heavy atom. The second-order valence-corrected chi connectivity index (χ2v) is 13.5. The fraction of sp³-hybridized carbons (Fsp3) is 0.588. The molecule has 1 aromatic rings. The SMILES string of the molecule is COc1cc2cc(c1Cl)N(C)C(=O)C[C@H](OC(=O)[C@H](C)N(C)C(C)=O)[C@]1(C)O[C@]1(O)[C@H](C)[C@@H]1C[C@@](O)(NC(=O)O1)[C@H](OC)/C=C/C=C(\C)C2. The largest absolute Gasteiger partial charge is 0.495 e. The van der Waals surface area contributed by atoms with E-state index >= 15 is 0 Å². The first kappa shape index (κ1) is 38.1. The number of halogens is 1. The maximum Gasteiger partial charge on any atom is 0.409 e. The van der Waals surface area contributed by atoms with Crippen LogP contribution < -0.4 is 15.0 Å². The number of nitrogens with one attached hydrogen (secondary N) is 1. The first-order chi connectivity index (χ1) is 22.8. The second-order valence-electron chi connectivity index (χ2n) is 13.1. The summed E-state index contributed by atoms with van der Waals surface area (Å²) in [4.78, 5) is 54.6. The Morgan fingerprint density at radius 3 is 2.51 bits per heavy atom. The number of aliphatic hydroxyl groups is 2. The van der Waals surface area contributed by atoms with Crippen LogP contribution in [0.5, 0.6) is 5.75 Å². The summed E-state index contributed by atoms with van der Waals surface area (Å²) in [6, 6.07) is 2.46. The normalized spacial score (nSPS) is 34.3. The van der Waals surface area contributed by atoms with Gasteiger partial charge in [0.2, 0.25) is 17.6 Å². The van der Waals surface area contributed by atoms with Crippen molar-refractivity contribution in [2.45, 2.75) is 95.3 Å². The van der Waals surface area contributed by atoms with Gasteiger partial charge in [-0.15, -0.1) is 0 Å². The number of alkyl carbamates (subject to hydrolysis) is 1. The number of ether oxygens (including phenoxy) is 5. The first-order valence-electron chi connectivity index (χ1n) is 15.9. The van der Waals surface area contributed by atoms with E-state index in [1.807, 2.05) is 13.0 Å². The van der Waals surface area contributed by atoms with Crippen LogP contribution in [0.2, 0.25) is 5.02 Å². The molecule has 0 radical (unpaired) electrons. The molecule has 49 heavy (non-hydrogen) atoms. The van der Waals surface area contributed by atoms with E-state index in [0.29, 0.717) is 17.9 Å². The number of fused-ring (bicyclic) bond motifs is 5. The first-order valence-corrected chi connectivity index (χ1v) is 16.3. The van der Waals surface area contributed by atoms with Crippen molar-refractivity contribution in [1.82, 2.24) is 10.2 Å². The average Bonchev–Trinajstić information content (AvgIpc) is 3.63. The number of carbonyl (C=O) groups is 4. The molecule has 1 aromatic carbocycles. The third kappa shape index (κ3) is 7.43. The van der Waals surface area contributed by atoms with Crippen molar-refractivity contribution in [3.05, 3.63) is 46.5 Å². The lowest BCUT2D eigenvalue weighted by molar-refractivity contribution is -0.163. The highest BCUT2D eigenvalue weighted by molar-refractivity contribution is 6.35. The molecule has 8 atom stereocenters. The zero-order chi connectivity index (χ0) is 36.6. The van der Waals surface area contributed by atoms with Gasteiger partial charge in [-0.3, -0.25) is 14.9 Å². The zero-order valence-corrected chi connectivity index (χ0v) is 30.0. The van der Waals surface area contributed by atoms with E-state index < -0.39 is 77.7 Å². The van der Waals surface area contributed by atoms with Gasteiger partial charge in [-0.2, -0.15) is 0 Å². The number of amides is 3. The van der Waals surface area contributed by atoms with Gasteiger partial charge in [0.1, 0.15) is 35.1 Å². The standard InChI is InChI=1S/C34H46ClN3O11/c1-18-11-10-12-26(46-9)33(43)17-25(47-31(42)36-33)19(2)34(44)32(5,49-34)27(48-30(41)20(3)37(6)21(4)39)16-28(40)38(7)23-14-22(13-18)15-24(45-8)29(23)35/h10-12,14-15,19-20,25-27,43-44H,13,16-17H2,1-9H3,(H,36,42)/b12-10+,18-11+/t19-,20+,25+,26-,27+,32+,33+,34-/m1/s1. The highest BCUT2D eigenvalue weighted by Gasteiger charge is 2.76. The topological polar surface area (TPSA) is 177 Å². The van der Waals surface area contributed by atoms with Crippen LogP contribution in [0.25, 0.3) is 0 Å². The highest BCUT2D eigenvalue weighted by atomic mass is 35.5. The molecule has 4 rings (SSSR count). The maximum absolute atomic E-state index is 14.0. The van der Waals surface area contributed by atoms with Gasteiger partial charge >= 0.3 is 12.1 Å². The Bertz CT molecular complexity index is 1550. The van der Waals surface area contributed by atoms with Crippen LogP contribution in [0, 0.1) is 5.92 Å². The molecule has 3 aliphatic heterocycles. The van der Waals surface area contributed by atoms with Crippen LogP contribution in [0.15, 0.2) is 35.9 Å². The van der Waals surface area contributed by atoms with Gasteiger partial charge in [0, 0.05) is 34.5 Å². The molecule has 0 spiro atoms. The summed E-state index contributed by atoms with van der Waals surface area (Å²) in [5.41, 5.74) is -1.65. The third-order valence-electron chi connectivity index (χ3n) is 9.86. The molecule has 270 valence electrons. The molecule has 3 aliphatic rings. The minimum atomic E-state index is -2.10. The summed E-state index contributed by atoms with van der Waals surface area (Å²) in [6.07, 6.45) is 0.356. The summed E-state index contributed by atoms with van der Waals surface area (Å²) < 4.78 is 28.4. The molecule has 0 unspecified atom stereocenters. The van der Waals surface area contributed by atoms with Crippen LogP contribution in [-0.4, -0.2) is 109 Å². The van der Waals surface area contributed by atoms with Gasteiger partial charge in [-0.1, -0.05) is 42.3 Å². The summed E-state index contributed by atoms with van der Waals surface area (Å²) in [5, 5.41) is 26.2. The van der Waals surface area contributed by atoms with E-state index in [-0.39, 0.29) is 11.4 Å². The predicted octanol–water partition coefficient (Wildman–Crippen LogP) is 2.85. The number of likely N-dealkylation sites (N-methyl/N-ethyl adjacent to an activating group) is 1. The van der Waals surface area contributed by atoms with E-state index in [1.54, 1.807) is 31.2 Å². The number of hydrogen-bond acceptors (Lipinski definition) is 11. The molecule has 2 saturated heterocycles. The van der Waals surface area contributed by atoms with Crippen molar-refractivity contribution in [2.24, 2.45) is 5.92 Å². The van der Waals surface area contributed by atoms with Gasteiger partial charge in [0.05, 0.1) is 25.1 Å². The monoisotopic (exact) mass is 707 g/mol. The number of nitrogens with zero attached hydrogens (tertiary/aromatic N) is 2. The van der Waals surface area contributed by atoms with Gasteiger partial charge in [-0.05, 0) is 44.9 Å². The molecular formula is C34H46ClN3O11. The molecule has 2 fully saturated rings. The van der Waals surface area contributed by atoms with E-state index in [0.717, 1.165) is 11.1 Å². The van der Waals surface area contributed by atoms with E-state index in [9.17, 15) is 29.4 Å². The zero-order valence-electron chi connectivity index (χ0n) is 29.2. The molecule has 4 bridgehead atoms. The Kier molecular flexibility index (Phi) is 11.1. The van der Waals surface area contributed by atoms with Crippen molar-refractivity contribution in [2.75, 3.05) is 33.2 Å². The lowest BCUT2D eigenvalue weighted by Gasteiger charge is -2.42. The number of benzene rings is 1. The van der Waals surface area contributed by atoms with Gasteiger partial charge < -0.3 is 43.7 Å². The molecule has 14 nitrogen and oxygen atoms in total. The molecule has 3 N–H and O–H groups in total. The summed E-state index contributed by atoms with van der Waals surface area (Å²) in [6.45, 7) is 7.68. The van der Waals surface area contributed by atoms with Gasteiger partial charge in [0.15, 0.2) is 11.3 Å². The Balaban J connectivity index is 1.83. The fourth-order valence-electron chi connectivity index (χ4n) is 6.32. The smallest absolute Gasteiger partial charge is 0.409 e. The highest BCUT2D eigenvalue weighted by Crippen LogP contribution is 2.56. The van der Waals surface area contributed by atoms with Crippen molar-refractivity contribution >= 4 is 41.2 Å². The van der Waals surface area contributed by atoms with Crippen molar-refractivity contribution in [3.8, 4) is 5.75 Å². The van der Waals surface area contributed by atoms with Crippen LogP contribution in [0.1, 0.15) is 53.0 Å². The van der Waals surface area contributed by atoms with Crippen LogP contribution in [0.4, 0.5) is 10.5 Å².